The fourth-order valence-electron chi connectivity index (χ4n) is 0.887. The van der Waals surface area contributed by atoms with Crippen molar-refractivity contribution in [1.29, 1.82) is 0 Å². The van der Waals surface area contributed by atoms with Crippen molar-refractivity contribution in [2.45, 2.75) is 0 Å². The van der Waals surface area contributed by atoms with Gasteiger partial charge in [0.05, 0.1) is 10.7 Å². The van der Waals surface area contributed by atoms with Crippen LogP contribution >= 0.6 is 11.6 Å². The Bertz CT molecular complexity index is 490. The zero-order valence-corrected chi connectivity index (χ0v) is 9.02. The Hall–Kier alpha value is -2.15. The summed E-state index contributed by atoms with van der Waals surface area (Å²) in [4.78, 5) is 10.6. The Morgan fingerprint density at radius 1 is 1.53 bits per heavy atom. The summed E-state index contributed by atoms with van der Waals surface area (Å²) in [6, 6.07) is 3.46. The Labute approximate surface area is 100 Å². The zero-order chi connectivity index (χ0) is 12.8. The predicted molar refractivity (Wildman–Crippen MR) is 60.4 cm³/mol. The van der Waals surface area contributed by atoms with Crippen molar-refractivity contribution in [3.05, 3.63) is 29.0 Å². The lowest BCUT2D eigenvalue weighted by molar-refractivity contribution is -0.129. The van der Waals surface area contributed by atoms with Crippen LogP contribution in [0.15, 0.2) is 28.5 Å². The van der Waals surface area contributed by atoms with Gasteiger partial charge in [-0.1, -0.05) is 16.8 Å². The second-order valence-electron chi connectivity index (χ2n) is 2.78. The second kappa shape index (κ2) is 5.80. The fraction of sp³-hybridized carbons (Fsp3) is 0. The van der Waals surface area contributed by atoms with Crippen LogP contribution in [-0.4, -0.2) is 28.2 Å². The highest BCUT2D eigenvalue weighted by Crippen LogP contribution is 2.22. The fourth-order valence-corrected chi connectivity index (χ4v) is 1.10. The van der Waals surface area contributed by atoms with Gasteiger partial charge in [-0.25, -0.2) is 9.18 Å². The van der Waals surface area contributed by atoms with Gasteiger partial charge in [-0.2, -0.15) is 5.10 Å². The van der Waals surface area contributed by atoms with Crippen LogP contribution < -0.4 is 5.43 Å². The first-order chi connectivity index (χ1) is 8.04. The van der Waals surface area contributed by atoms with E-state index in [2.05, 4.69) is 15.7 Å². The van der Waals surface area contributed by atoms with E-state index in [-0.39, 0.29) is 10.7 Å². The van der Waals surface area contributed by atoms with Crippen LogP contribution in [0.5, 0.6) is 0 Å². The van der Waals surface area contributed by atoms with Gasteiger partial charge >= 0.3 is 5.97 Å². The van der Waals surface area contributed by atoms with Gasteiger partial charge in [0, 0.05) is 0 Å². The Balaban J connectivity index is 2.90. The number of carbonyl (C=O) groups is 1. The lowest BCUT2D eigenvalue weighted by Crippen LogP contribution is -2.16. The molecule has 0 amide bonds. The average Bonchev–Trinajstić information content (AvgIpc) is 2.25. The molecule has 0 heterocycles. The van der Waals surface area contributed by atoms with Gasteiger partial charge in [0.15, 0.2) is 5.71 Å². The van der Waals surface area contributed by atoms with Crippen LogP contribution in [-0.2, 0) is 4.79 Å². The maximum Gasteiger partial charge on any atom is 0.358 e. The Kier molecular flexibility index (Phi) is 4.41. The molecular weight excluding hydrogens is 253 g/mol. The number of nitrogens with one attached hydrogen (secondary N) is 1. The number of nitrogens with zero attached hydrogens (tertiary/aromatic N) is 2. The lowest BCUT2D eigenvalue weighted by atomic mass is 10.3. The van der Waals surface area contributed by atoms with Crippen molar-refractivity contribution >= 4 is 35.2 Å². The number of halogens is 2. The molecule has 0 aliphatic heterocycles. The number of anilines is 1. The SMILES string of the molecule is O=C(O)C(/C=N/O)=N/Nc1ccc(F)cc1Cl. The first-order valence-corrected chi connectivity index (χ1v) is 4.62. The molecule has 0 aliphatic rings. The van der Waals surface area contributed by atoms with Gasteiger partial charge in [-0.3, -0.25) is 5.43 Å². The molecule has 0 saturated heterocycles. The third-order valence-corrected chi connectivity index (χ3v) is 1.94. The summed E-state index contributed by atoms with van der Waals surface area (Å²) >= 11 is 5.67. The summed E-state index contributed by atoms with van der Waals surface area (Å²) < 4.78 is 12.7. The van der Waals surface area contributed by atoms with Crippen LogP contribution in [0.1, 0.15) is 0 Å². The molecule has 0 bridgehead atoms. The van der Waals surface area contributed by atoms with Gasteiger partial charge in [0.2, 0.25) is 0 Å². The number of aliphatic carboxylic acids is 1. The zero-order valence-electron chi connectivity index (χ0n) is 8.26. The molecular formula is C9H7ClFN3O3. The van der Waals surface area contributed by atoms with Crippen molar-refractivity contribution in [2.24, 2.45) is 10.3 Å². The molecule has 1 aromatic rings. The molecule has 8 heteroatoms. The summed E-state index contributed by atoms with van der Waals surface area (Å²) in [5.74, 6) is -1.92. The molecule has 0 aromatic heterocycles. The van der Waals surface area contributed by atoms with Gasteiger partial charge in [-0.15, -0.1) is 0 Å². The first kappa shape index (κ1) is 12.9. The third-order valence-electron chi connectivity index (χ3n) is 1.63. The molecule has 0 fully saturated rings. The highest BCUT2D eigenvalue weighted by atomic mass is 35.5. The molecule has 1 aromatic carbocycles. The van der Waals surface area contributed by atoms with E-state index >= 15 is 0 Å². The molecule has 0 atom stereocenters. The highest BCUT2D eigenvalue weighted by Gasteiger charge is 2.07. The van der Waals surface area contributed by atoms with E-state index in [1.165, 1.54) is 6.07 Å². The van der Waals surface area contributed by atoms with E-state index in [9.17, 15) is 9.18 Å². The van der Waals surface area contributed by atoms with Gasteiger partial charge in [0.25, 0.3) is 0 Å². The standard InChI is InChI=1S/C9H7ClFN3O3/c10-6-3-5(11)1-2-7(6)13-14-8(4-12-17)9(15)16/h1-4,13,17H,(H,15,16)/b12-4+,14-8+. The quantitative estimate of drug-likeness (QED) is 0.436. The van der Waals surface area contributed by atoms with E-state index in [4.69, 9.17) is 21.9 Å². The highest BCUT2D eigenvalue weighted by molar-refractivity contribution is 6.58. The Morgan fingerprint density at radius 3 is 2.76 bits per heavy atom. The largest absolute Gasteiger partial charge is 0.476 e. The first-order valence-electron chi connectivity index (χ1n) is 4.24. The van der Waals surface area contributed by atoms with Crippen molar-refractivity contribution in [3.63, 3.8) is 0 Å². The minimum atomic E-state index is -1.39. The summed E-state index contributed by atoms with van der Waals surface area (Å²) in [6.45, 7) is 0. The molecule has 0 aliphatic carbocycles. The monoisotopic (exact) mass is 259 g/mol. The van der Waals surface area contributed by atoms with Gasteiger partial charge < -0.3 is 10.3 Å². The lowest BCUT2D eigenvalue weighted by Gasteiger charge is -2.03. The molecule has 90 valence electrons. The molecule has 6 nitrogen and oxygen atoms in total. The van der Waals surface area contributed by atoms with Crippen molar-refractivity contribution < 1.29 is 19.5 Å². The number of carboxylic acid groups (broad SMARTS) is 1. The molecule has 0 radical (unpaired) electrons. The molecule has 17 heavy (non-hydrogen) atoms. The maximum absolute atomic E-state index is 12.7. The van der Waals surface area contributed by atoms with Gasteiger partial charge in [-0.05, 0) is 18.2 Å². The molecule has 1 rings (SSSR count). The third kappa shape index (κ3) is 3.72. The van der Waals surface area contributed by atoms with Crippen LogP contribution in [0.25, 0.3) is 0 Å². The molecule has 0 spiro atoms. The number of benzene rings is 1. The van der Waals surface area contributed by atoms with Crippen LogP contribution in [0.3, 0.4) is 0 Å². The summed E-state index contributed by atoms with van der Waals surface area (Å²) in [5, 5.41) is 22.8. The number of rotatable bonds is 4. The predicted octanol–water partition coefficient (Wildman–Crippen LogP) is 1.79. The van der Waals surface area contributed by atoms with E-state index in [0.29, 0.717) is 6.21 Å². The summed E-state index contributed by atoms with van der Waals surface area (Å²) in [5.41, 5.74) is 2.00. The van der Waals surface area contributed by atoms with Crippen molar-refractivity contribution in [3.8, 4) is 0 Å². The average molecular weight is 260 g/mol. The number of oxime groups is 1. The van der Waals surface area contributed by atoms with E-state index in [1.807, 2.05) is 0 Å². The number of hydrazone groups is 1. The topological polar surface area (TPSA) is 94.3 Å². The normalized spacial score (nSPS) is 11.8. The second-order valence-corrected chi connectivity index (χ2v) is 3.19. The number of hydrogen-bond acceptors (Lipinski definition) is 5. The Morgan fingerprint density at radius 2 is 2.24 bits per heavy atom. The number of carboxylic acids is 1. The molecule has 0 saturated carbocycles. The van der Waals surface area contributed by atoms with Gasteiger partial charge in [0.1, 0.15) is 12.0 Å². The van der Waals surface area contributed by atoms with Crippen LogP contribution in [0.4, 0.5) is 10.1 Å². The molecule has 0 unspecified atom stereocenters. The molecule has 3 N–H and O–H groups in total. The van der Waals surface area contributed by atoms with E-state index < -0.39 is 17.5 Å². The van der Waals surface area contributed by atoms with E-state index in [0.717, 1.165) is 12.1 Å². The maximum atomic E-state index is 12.7. The minimum Gasteiger partial charge on any atom is -0.476 e. The minimum absolute atomic E-state index is 0.0411. The van der Waals surface area contributed by atoms with Crippen molar-refractivity contribution in [1.82, 2.24) is 0 Å². The van der Waals surface area contributed by atoms with Crippen LogP contribution in [0.2, 0.25) is 5.02 Å². The van der Waals surface area contributed by atoms with E-state index in [1.54, 1.807) is 0 Å². The smallest absolute Gasteiger partial charge is 0.358 e. The van der Waals surface area contributed by atoms with Crippen molar-refractivity contribution in [2.75, 3.05) is 5.43 Å². The van der Waals surface area contributed by atoms with Crippen LogP contribution in [0, 0.1) is 5.82 Å². The number of hydrogen-bond donors (Lipinski definition) is 3. The summed E-state index contributed by atoms with van der Waals surface area (Å²) in [6.07, 6.45) is 0.632. The summed E-state index contributed by atoms with van der Waals surface area (Å²) in [7, 11) is 0.